The number of benzene rings is 3. The Hall–Kier alpha value is -4.04. The molecule has 0 aliphatic rings. The van der Waals surface area contributed by atoms with Gasteiger partial charge in [-0.1, -0.05) is 66.2 Å². The molecule has 1 amide bonds. The van der Waals surface area contributed by atoms with Crippen molar-refractivity contribution in [3.8, 4) is 17.6 Å². The van der Waals surface area contributed by atoms with Gasteiger partial charge in [0.2, 0.25) is 0 Å². The highest BCUT2D eigenvalue weighted by molar-refractivity contribution is 6.01. The Bertz CT molecular complexity index is 1110. The number of hydrogen-bond donors (Lipinski definition) is 1. The molecule has 3 rings (SSSR count). The van der Waals surface area contributed by atoms with Gasteiger partial charge in [-0.05, 0) is 48.7 Å². The Morgan fingerprint density at radius 1 is 0.969 bits per heavy atom. The van der Waals surface area contributed by atoms with Gasteiger partial charge in [0, 0.05) is 6.54 Å². The number of carbonyl (C=O) groups is 1. The Kier molecular flexibility index (Phi) is 8.05. The molecular formula is C27H26N2O3. The maximum Gasteiger partial charge on any atom is 0.262 e. The lowest BCUT2D eigenvalue weighted by molar-refractivity contribution is -0.117. The quantitative estimate of drug-likeness (QED) is 0.377. The van der Waals surface area contributed by atoms with Crippen molar-refractivity contribution in [1.82, 2.24) is 5.32 Å². The van der Waals surface area contributed by atoms with Gasteiger partial charge in [0.25, 0.3) is 5.91 Å². The molecule has 1 N–H and O–H groups in total. The van der Waals surface area contributed by atoms with Crippen molar-refractivity contribution < 1.29 is 14.3 Å². The van der Waals surface area contributed by atoms with Crippen LogP contribution in [0.2, 0.25) is 0 Å². The van der Waals surface area contributed by atoms with Crippen LogP contribution in [-0.4, -0.2) is 12.5 Å². The summed E-state index contributed by atoms with van der Waals surface area (Å²) in [6.07, 6.45) is 1.55. The lowest BCUT2D eigenvalue weighted by Gasteiger charge is -2.13. The molecule has 0 spiro atoms. The molecule has 0 radical (unpaired) electrons. The second-order valence-electron chi connectivity index (χ2n) is 7.25. The third kappa shape index (κ3) is 6.48. The molecule has 0 saturated carbocycles. The summed E-state index contributed by atoms with van der Waals surface area (Å²) < 4.78 is 11.7. The number of nitriles is 1. The molecular weight excluding hydrogens is 400 g/mol. The summed E-state index contributed by atoms with van der Waals surface area (Å²) in [4.78, 5) is 12.5. The summed E-state index contributed by atoms with van der Waals surface area (Å²) in [6, 6.07) is 25.0. The summed E-state index contributed by atoms with van der Waals surface area (Å²) in [6.45, 7) is 5.18. The van der Waals surface area contributed by atoms with Crippen molar-refractivity contribution in [2.24, 2.45) is 0 Å². The van der Waals surface area contributed by atoms with E-state index < -0.39 is 5.91 Å². The molecule has 0 aliphatic carbocycles. The van der Waals surface area contributed by atoms with E-state index >= 15 is 0 Å². The van der Waals surface area contributed by atoms with Crippen LogP contribution in [0.1, 0.15) is 29.2 Å². The van der Waals surface area contributed by atoms with E-state index in [9.17, 15) is 10.1 Å². The fourth-order valence-electron chi connectivity index (χ4n) is 3.04. The molecule has 3 aromatic rings. The summed E-state index contributed by atoms with van der Waals surface area (Å²) in [7, 11) is 0. The third-order valence-electron chi connectivity index (χ3n) is 4.75. The maximum atomic E-state index is 12.5. The third-order valence-corrected chi connectivity index (χ3v) is 4.75. The number of hydrogen-bond acceptors (Lipinski definition) is 4. The van der Waals surface area contributed by atoms with Crippen molar-refractivity contribution in [1.29, 1.82) is 5.26 Å². The smallest absolute Gasteiger partial charge is 0.262 e. The first-order chi connectivity index (χ1) is 15.6. The Morgan fingerprint density at radius 2 is 1.72 bits per heavy atom. The molecule has 5 heteroatoms. The number of rotatable bonds is 9. The Morgan fingerprint density at radius 3 is 2.41 bits per heavy atom. The predicted octanol–water partition coefficient (Wildman–Crippen LogP) is 5.20. The van der Waals surface area contributed by atoms with Gasteiger partial charge >= 0.3 is 0 Å². The summed E-state index contributed by atoms with van der Waals surface area (Å²) in [5.74, 6) is 0.751. The zero-order chi connectivity index (χ0) is 22.8. The van der Waals surface area contributed by atoms with Crippen LogP contribution in [0.4, 0.5) is 0 Å². The van der Waals surface area contributed by atoms with E-state index in [4.69, 9.17) is 9.47 Å². The molecule has 0 aromatic heterocycles. The van der Waals surface area contributed by atoms with Crippen molar-refractivity contribution in [3.05, 3.63) is 101 Å². The van der Waals surface area contributed by atoms with E-state index in [0.717, 1.165) is 11.1 Å². The van der Waals surface area contributed by atoms with Gasteiger partial charge in [-0.15, -0.1) is 0 Å². The van der Waals surface area contributed by atoms with Gasteiger partial charge in [-0.2, -0.15) is 5.26 Å². The minimum Gasteiger partial charge on any atom is -0.490 e. The van der Waals surface area contributed by atoms with Crippen molar-refractivity contribution >= 4 is 12.0 Å². The van der Waals surface area contributed by atoms with E-state index in [0.29, 0.717) is 36.8 Å². The average molecular weight is 427 g/mol. The van der Waals surface area contributed by atoms with Gasteiger partial charge in [-0.25, -0.2) is 0 Å². The summed E-state index contributed by atoms with van der Waals surface area (Å²) in [5, 5.41) is 12.3. The van der Waals surface area contributed by atoms with Crippen LogP contribution in [0.15, 0.2) is 78.4 Å². The van der Waals surface area contributed by atoms with Gasteiger partial charge in [0.15, 0.2) is 11.5 Å². The van der Waals surface area contributed by atoms with E-state index in [-0.39, 0.29) is 5.57 Å². The molecule has 5 nitrogen and oxygen atoms in total. The van der Waals surface area contributed by atoms with Crippen LogP contribution in [0.3, 0.4) is 0 Å². The van der Waals surface area contributed by atoms with Gasteiger partial charge in [0.1, 0.15) is 18.2 Å². The number of amides is 1. The fraction of sp³-hybridized carbons (Fsp3) is 0.185. The SMILES string of the molecule is CCOc1cc(/C=C(/C#N)C(=O)NCc2ccccc2)ccc1OCc1ccc(C)cc1. The topological polar surface area (TPSA) is 71.3 Å². The number of nitrogens with zero attached hydrogens (tertiary/aromatic N) is 1. The Labute approximate surface area is 188 Å². The molecule has 0 fully saturated rings. The molecule has 0 atom stereocenters. The summed E-state index contributed by atoms with van der Waals surface area (Å²) in [5.41, 5.74) is 3.93. The minimum absolute atomic E-state index is 0.0247. The first-order valence-electron chi connectivity index (χ1n) is 10.5. The second-order valence-corrected chi connectivity index (χ2v) is 7.25. The highest BCUT2D eigenvalue weighted by Gasteiger charge is 2.11. The number of nitrogens with one attached hydrogen (secondary N) is 1. The highest BCUT2D eigenvalue weighted by Crippen LogP contribution is 2.30. The van der Waals surface area contributed by atoms with Crippen LogP contribution in [0, 0.1) is 18.3 Å². The monoisotopic (exact) mass is 426 g/mol. The lowest BCUT2D eigenvalue weighted by Crippen LogP contribution is -2.23. The van der Waals surface area contributed by atoms with Crippen LogP contribution in [0.5, 0.6) is 11.5 Å². The fourth-order valence-corrected chi connectivity index (χ4v) is 3.04. The van der Waals surface area contributed by atoms with Gasteiger partial charge in [-0.3, -0.25) is 4.79 Å². The first-order valence-corrected chi connectivity index (χ1v) is 10.5. The van der Waals surface area contributed by atoms with Crippen molar-refractivity contribution in [2.75, 3.05) is 6.61 Å². The number of ether oxygens (including phenoxy) is 2. The normalized spacial score (nSPS) is 10.8. The molecule has 0 heterocycles. The number of aryl methyl sites for hydroxylation is 1. The summed E-state index contributed by atoms with van der Waals surface area (Å²) >= 11 is 0. The molecule has 3 aromatic carbocycles. The molecule has 0 saturated heterocycles. The van der Waals surface area contributed by atoms with E-state index in [1.807, 2.05) is 74.5 Å². The zero-order valence-corrected chi connectivity index (χ0v) is 18.3. The lowest BCUT2D eigenvalue weighted by atomic mass is 10.1. The van der Waals surface area contributed by atoms with E-state index in [2.05, 4.69) is 5.32 Å². The second kappa shape index (κ2) is 11.4. The molecule has 0 unspecified atom stereocenters. The predicted molar refractivity (Wildman–Crippen MR) is 125 cm³/mol. The molecule has 32 heavy (non-hydrogen) atoms. The van der Waals surface area contributed by atoms with Crippen LogP contribution >= 0.6 is 0 Å². The van der Waals surface area contributed by atoms with Crippen molar-refractivity contribution in [2.45, 2.75) is 27.0 Å². The molecule has 162 valence electrons. The number of carbonyl (C=O) groups excluding carboxylic acids is 1. The Balaban J connectivity index is 1.72. The average Bonchev–Trinajstić information content (AvgIpc) is 2.82. The van der Waals surface area contributed by atoms with Gasteiger partial charge in [0.05, 0.1) is 6.61 Å². The zero-order valence-electron chi connectivity index (χ0n) is 18.3. The van der Waals surface area contributed by atoms with Crippen molar-refractivity contribution in [3.63, 3.8) is 0 Å². The van der Waals surface area contributed by atoms with Crippen LogP contribution in [0.25, 0.3) is 6.08 Å². The molecule has 0 aliphatic heterocycles. The van der Waals surface area contributed by atoms with Crippen LogP contribution in [-0.2, 0) is 17.9 Å². The highest BCUT2D eigenvalue weighted by atomic mass is 16.5. The van der Waals surface area contributed by atoms with Gasteiger partial charge < -0.3 is 14.8 Å². The largest absolute Gasteiger partial charge is 0.490 e. The van der Waals surface area contributed by atoms with Crippen LogP contribution < -0.4 is 14.8 Å². The first kappa shape index (κ1) is 22.6. The van der Waals surface area contributed by atoms with E-state index in [1.54, 1.807) is 24.3 Å². The maximum absolute atomic E-state index is 12.5. The standard InChI is InChI=1S/C27H26N2O3/c1-3-31-26-16-23(13-14-25(26)32-19-22-11-9-20(2)10-12-22)15-24(17-28)27(30)29-18-21-7-5-4-6-8-21/h4-16H,3,18-19H2,1-2H3,(H,29,30)/b24-15-. The minimum atomic E-state index is -0.422. The van der Waals surface area contributed by atoms with E-state index in [1.165, 1.54) is 5.56 Å². The molecule has 0 bridgehead atoms.